The Morgan fingerprint density at radius 1 is 1.35 bits per heavy atom. The first-order valence-electron chi connectivity index (χ1n) is 8.10. The number of rotatable bonds is 7. The highest BCUT2D eigenvalue weighted by Gasteiger charge is 2.25. The summed E-state index contributed by atoms with van der Waals surface area (Å²) >= 11 is 2.14. The average molecular weight is 292 g/mol. The number of benzene rings is 1. The Kier molecular flexibility index (Phi) is 6.44. The second kappa shape index (κ2) is 8.09. The average Bonchev–Trinajstić information content (AvgIpc) is 2.84. The van der Waals surface area contributed by atoms with Crippen molar-refractivity contribution in [3.63, 3.8) is 0 Å². The van der Waals surface area contributed by atoms with Gasteiger partial charge >= 0.3 is 0 Å². The maximum absolute atomic E-state index is 3.84. The Morgan fingerprint density at radius 2 is 2.20 bits per heavy atom. The molecular formula is C18H29NS. The van der Waals surface area contributed by atoms with Gasteiger partial charge in [-0.15, -0.1) is 0 Å². The SMILES string of the molecule is CCSC1CCC(NC(C)CCc2cccc(C)c2)C1. The van der Waals surface area contributed by atoms with Crippen LogP contribution in [-0.4, -0.2) is 23.1 Å². The first-order chi connectivity index (χ1) is 9.67. The lowest BCUT2D eigenvalue weighted by molar-refractivity contribution is 0.432. The topological polar surface area (TPSA) is 12.0 Å². The molecule has 1 nitrogen and oxygen atoms in total. The Labute approximate surface area is 128 Å². The van der Waals surface area contributed by atoms with Crippen molar-refractivity contribution in [2.45, 2.75) is 70.2 Å². The van der Waals surface area contributed by atoms with Gasteiger partial charge in [0.05, 0.1) is 0 Å². The van der Waals surface area contributed by atoms with Crippen molar-refractivity contribution in [3.05, 3.63) is 35.4 Å². The zero-order valence-corrected chi connectivity index (χ0v) is 14.0. The van der Waals surface area contributed by atoms with Crippen LogP contribution in [0.3, 0.4) is 0 Å². The molecule has 112 valence electrons. The van der Waals surface area contributed by atoms with Gasteiger partial charge in [0.2, 0.25) is 0 Å². The molecule has 0 aromatic heterocycles. The van der Waals surface area contributed by atoms with Crippen LogP contribution >= 0.6 is 11.8 Å². The van der Waals surface area contributed by atoms with Crippen molar-refractivity contribution < 1.29 is 0 Å². The van der Waals surface area contributed by atoms with Crippen LogP contribution in [0.4, 0.5) is 0 Å². The molecule has 1 saturated carbocycles. The lowest BCUT2D eigenvalue weighted by atomic mass is 10.0. The highest BCUT2D eigenvalue weighted by Crippen LogP contribution is 2.30. The molecule has 0 spiro atoms. The molecular weight excluding hydrogens is 262 g/mol. The molecule has 3 unspecified atom stereocenters. The molecule has 1 aromatic carbocycles. The summed E-state index contributed by atoms with van der Waals surface area (Å²) < 4.78 is 0. The van der Waals surface area contributed by atoms with Gasteiger partial charge in [0.15, 0.2) is 0 Å². The van der Waals surface area contributed by atoms with E-state index in [0.717, 1.165) is 11.3 Å². The molecule has 1 aliphatic carbocycles. The van der Waals surface area contributed by atoms with E-state index < -0.39 is 0 Å². The smallest absolute Gasteiger partial charge is 0.00804 e. The molecule has 0 bridgehead atoms. The van der Waals surface area contributed by atoms with Crippen molar-refractivity contribution >= 4 is 11.8 Å². The quantitative estimate of drug-likeness (QED) is 0.789. The van der Waals surface area contributed by atoms with E-state index in [9.17, 15) is 0 Å². The van der Waals surface area contributed by atoms with E-state index in [-0.39, 0.29) is 0 Å². The van der Waals surface area contributed by atoms with Gasteiger partial charge in [-0.2, -0.15) is 11.8 Å². The second-order valence-corrected chi connectivity index (χ2v) is 7.76. The van der Waals surface area contributed by atoms with Gasteiger partial charge in [0, 0.05) is 17.3 Å². The van der Waals surface area contributed by atoms with Crippen molar-refractivity contribution in [1.82, 2.24) is 5.32 Å². The lowest BCUT2D eigenvalue weighted by Gasteiger charge is -2.19. The zero-order valence-electron chi connectivity index (χ0n) is 13.2. The number of hydrogen-bond donors (Lipinski definition) is 1. The third-order valence-electron chi connectivity index (χ3n) is 4.26. The summed E-state index contributed by atoms with van der Waals surface area (Å²) in [5.41, 5.74) is 2.85. The molecule has 0 heterocycles. The fourth-order valence-electron chi connectivity index (χ4n) is 3.22. The molecule has 0 radical (unpaired) electrons. The summed E-state index contributed by atoms with van der Waals surface area (Å²) in [6.07, 6.45) is 6.57. The number of aryl methyl sites for hydroxylation is 2. The van der Waals surface area contributed by atoms with Crippen LogP contribution in [0.15, 0.2) is 24.3 Å². The van der Waals surface area contributed by atoms with Gasteiger partial charge in [-0.1, -0.05) is 36.8 Å². The van der Waals surface area contributed by atoms with Gasteiger partial charge in [0.25, 0.3) is 0 Å². The van der Waals surface area contributed by atoms with E-state index in [1.54, 1.807) is 0 Å². The highest BCUT2D eigenvalue weighted by molar-refractivity contribution is 7.99. The summed E-state index contributed by atoms with van der Waals surface area (Å²) in [7, 11) is 0. The normalized spacial score (nSPS) is 23.9. The first-order valence-corrected chi connectivity index (χ1v) is 9.15. The van der Waals surface area contributed by atoms with E-state index in [1.165, 1.54) is 49.0 Å². The minimum atomic E-state index is 0.630. The van der Waals surface area contributed by atoms with E-state index in [0.29, 0.717) is 6.04 Å². The first kappa shape index (κ1) is 15.9. The van der Waals surface area contributed by atoms with Gasteiger partial charge < -0.3 is 5.32 Å². The summed E-state index contributed by atoms with van der Waals surface area (Å²) in [5, 5.41) is 4.74. The van der Waals surface area contributed by atoms with Crippen molar-refractivity contribution in [2.75, 3.05) is 5.75 Å². The van der Waals surface area contributed by atoms with Gasteiger partial charge in [-0.25, -0.2) is 0 Å². The number of nitrogens with one attached hydrogen (secondary N) is 1. The predicted molar refractivity (Wildman–Crippen MR) is 91.7 cm³/mol. The van der Waals surface area contributed by atoms with Crippen LogP contribution in [0.2, 0.25) is 0 Å². The minimum absolute atomic E-state index is 0.630. The van der Waals surface area contributed by atoms with E-state index in [2.05, 4.69) is 62.1 Å². The molecule has 1 fully saturated rings. The molecule has 2 rings (SSSR count). The van der Waals surface area contributed by atoms with Crippen molar-refractivity contribution in [1.29, 1.82) is 0 Å². The summed E-state index contributed by atoms with van der Waals surface area (Å²) in [6.45, 7) is 6.79. The summed E-state index contributed by atoms with van der Waals surface area (Å²) in [4.78, 5) is 0. The molecule has 2 heteroatoms. The Hall–Kier alpha value is -0.470. The van der Waals surface area contributed by atoms with E-state index >= 15 is 0 Å². The zero-order chi connectivity index (χ0) is 14.4. The highest BCUT2D eigenvalue weighted by atomic mass is 32.2. The van der Waals surface area contributed by atoms with Crippen LogP contribution in [0, 0.1) is 6.92 Å². The molecule has 0 aliphatic heterocycles. The van der Waals surface area contributed by atoms with Gasteiger partial charge in [-0.05, 0) is 57.3 Å². The maximum Gasteiger partial charge on any atom is 0.00804 e. The Morgan fingerprint density at radius 3 is 2.95 bits per heavy atom. The van der Waals surface area contributed by atoms with Crippen molar-refractivity contribution in [2.24, 2.45) is 0 Å². The second-order valence-electron chi connectivity index (χ2n) is 6.18. The maximum atomic E-state index is 3.84. The molecule has 1 aliphatic rings. The Balaban J connectivity index is 1.69. The number of thioether (sulfide) groups is 1. The lowest BCUT2D eigenvalue weighted by Crippen LogP contribution is -2.35. The molecule has 1 N–H and O–H groups in total. The summed E-state index contributed by atoms with van der Waals surface area (Å²) in [5.74, 6) is 1.26. The standard InChI is InChI=1S/C18H29NS/c1-4-20-18-11-10-17(13-18)19-15(3)8-9-16-7-5-6-14(2)12-16/h5-7,12,15,17-19H,4,8-11,13H2,1-3H3. The Bertz CT molecular complexity index is 404. The molecule has 0 amide bonds. The van der Waals surface area contributed by atoms with E-state index in [4.69, 9.17) is 0 Å². The minimum Gasteiger partial charge on any atom is -0.311 e. The molecule has 3 atom stereocenters. The van der Waals surface area contributed by atoms with Crippen molar-refractivity contribution in [3.8, 4) is 0 Å². The fourth-order valence-corrected chi connectivity index (χ4v) is 4.36. The third kappa shape index (κ3) is 5.14. The molecule has 0 saturated heterocycles. The fraction of sp³-hybridized carbons (Fsp3) is 0.667. The largest absolute Gasteiger partial charge is 0.311 e. The van der Waals surface area contributed by atoms with Crippen LogP contribution in [0.5, 0.6) is 0 Å². The molecule has 20 heavy (non-hydrogen) atoms. The van der Waals surface area contributed by atoms with Crippen LogP contribution in [0.25, 0.3) is 0 Å². The predicted octanol–water partition coefficient (Wildman–Crippen LogP) is 4.58. The van der Waals surface area contributed by atoms with Crippen LogP contribution in [0.1, 0.15) is 50.7 Å². The number of hydrogen-bond acceptors (Lipinski definition) is 2. The van der Waals surface area contributed by atoms with Crippen LogP contribution in [-0.2, 0) is 6.42 Å². The van der Waals surface area contributed by atoms with Crippen LogP contribution < -0.4 is 5.32 Å². The van der Waals surface area contributed by atoms with Gasteiger partial charge in [-0.3, -0.25) is 0 Å². The third-order valence-corrected chi connectivity index (χ3v) is 5.49. The molecule has 1 aromatic rings. The summed E-state index contributed by atoms with van der Waals surface area (Å²) in [6, 6.07) is 10.3. The van der Waals surface area contributed by atoms with Gasteiger partial charge in [0.1, 0.15) is 0 Å². The monoisotopic (exact) mass is 291 g/mol. The van der Waals surface area contributed by atoms with E-state index in [1.807, 2.05) is 0 Å².